The van der Waals surface area contributed by atoms with E-state index in [9.17, 15) is 41.0 Å². The molecule has 0 saturated heterocycles. The second-order valence-corrected chi connectivity index (χ2v) is 8.97. The van der Waals surface area contributed by atoms with Gasteiger partial charge >= 0.3 is 12.4 Å². The molecule has 1 amide bonds. The third-order valence-corrected chi connectivity index (χ3v) is 6.20. The van der Waals surface area contributed by atoms with Gasteiger partial charge < -0.3 is 15.0 Å². The molecule has 40 heavy (non-hydrogen) atoms. The van der Waals surface area contributed by atoms with Crippen molar-refractivity contribution in [3.63, 3.8) is 0 Å². The van der Waals surface area contributed by atoms with Crippen molar-refractivity contribution < 1.29 is 36.2 Å². The molecule has 2 heterocycles. The fourth-order valence-corrected chi connectivity index (χ4v) is 4.39. The molecule has 0 aliphatic heterocycles. The number of hydrogen-bond donors (Lipinski definition) is 2. The minimum Gasteiger partial charge on any atom is -0.396 e. The largest absolute Gasteiger partial charge is 0.416 e. The van der Waals surface area contributed by atoms with Crippen molar-refractivity contribution in [2.75, 3.05) is 6.61 Å². The molecule has 0 unspecified atom stereocenters. The number of nitrogens with zero attached hydrogens (tertiary/aromatic N) is 2. The van der Waals surface area contributed by atoms with Crippen molar-refractivity contribution in [2.24, 2.45) is 0 Å². The summed E-state index contributed by atoms with van der Waals surface area (Å²) >= 11 is 0. The summed E-state index contributed by atoms with van der Waals surface area (Å²) in [5.74, 6) is -0.878. The molecule has 2 aromatic heterocycles. The molecule has 0 bridgehead atoms. The zero-order chi connectivity index (χ0) is 29.1. The minimum atomic E-state index is -5.04. The predicted octanol–water partition coefficient (Wildman–Crippen LogP) is 5.80. The van der Waals surface area contributed by atoms with E-state index in [-0.39, 0.29) is 30.4 Å². The highest BCUT2D eigenvalue weighted by Crippen LogP contribution is 2.36. The second kappa shape index (κ2) is 11.5. The zero-order valence-corrected chi connectivity index (χ0v) is 20.8. The number of fused-ring (bicyclic) bond motifs is 1. The van der Waals surface area contributed by atoms with Gasteiger partial charge in [0, 0.05) is 36.8 Å². The Hall–Kier alpha value is -4.19. The van der Waals surface area contributed by atoms with E-state index in [0.29, 0.717) is 41.5 Å². The molecule has 2 N–H and O–H groups in total. The van der Waals surface area contributed by atoms with Gasteiger partial charge in [-0.15, -0.1) is 0 Å². The van der Waals surface area contributed by atoms with Gasteiger partial charge in [-0.2, -0.15) is 26.3 Å². The Balaban J connectivity index is 1.84. The Morgan fingerprint density at radius 1 is 0.900 bits per heavy atom. The summed E-state index contributed by atoms with van der Waals surface area (Å²) in [4.78, 5) is 31.3. The molecule has 210 valence electrons. The van der Waals surface area contributed by atoms with Crippen LogP contribution in [0.15, 0.2) is 71.7 Å². The number of nitrogens with one attached hydrogen (secondary N) is 1. The van der Waals surface area contributed by atoms with Crippen molar-refractivity contribution in [2.45, 2.75) is 38.3 Å². The number of pyridine rings is 2. The summed E-state index contributed by atoms with van der Waals surface area (Å²) in [7, 11) is 0. The highest BCUT2D eigenvalue weighted by Gasteiger charge is 2.37. The number of carbonyl (C=O) groups excluding carboxylic acids is 1. The highest BCUT2D eigenvalue weighted by atomic mass is 19.4. The first kappa shape index (κ1) is 28.8. The van der Waals surface area contributed by atoms with Crippen LogP contribution in [0.4, 0.5) is 26.3 Å². The third kappa shape index (κ3) is 6.17. The van der Waals surface area contributed by atoms with Crippen molar-refractivity contribution in [1.29, 1.82) is 0 Å². The number of amides is 1. The number of aliphatic hydroxyl groups is 1. The van der Waals surface area contributed by atoms with Gasteiger partial charge in [0.15, 0.2) is 0 Å². The van der Waals surface area contributed by atoms with Gasteiger partial charge in [0.2, 0.25) is 0 Å². The summed E-state index contributed by atoms with van der Waals surface area (Å²) in [6, 6.07) is 12.8. The van der Waals surface area contributed by atoms with E-state index in [0.717, 1.165) is 0 Å². The maximum atomic E-state index is 13.6. The summed E-state index contributed by atoms with van der Waals surface area (Å²) < 4.78 is 81.1. The van der Waals surface area contributed by atoms with Gasteiger partial charge in [-0.25, -0.2) is 0 Å². The predicted molar refractivity (Wildman–Crippen MR) is 135 cm³/mol. The molecule has 0 saturated carbocycles. The van der Waals surface area contributed by atoms with Crippen LogP contribution in [-0.4, -0.2) is 27.2 Å². The van der Waals surface area contributed by atoms with Crippen LogP contribution >= 0.6 is 0 Å². The van der Waals surface area contributed by atoms with E-state index in [1.165, 1.54) is 10.8 Å². The van der Waals surface area contributed by atoms with Crippen molar-refractivity contribution in [3.8, 4) is 11.1 Å². The second-order valence-electron chi connectivity index (χ2n) is 8.97. The number of rotatable bonds is 8. The molecular weight excluding hydrogens is 540 g/mol. The summed E-state index contributed by atoms with van der Waals surface area (Å²) in [5, 5.41) is 12.0. The van der Waals surface area contributed by atoms with E-state index in [1.807, 2.05) is 0 Å². The lowest BCUT2D eigenvalue weighted by Crippen LogP contribution is -2.34. The monoisotopic (exact) mass is 563 g/mol. The average Bonchev–Trinajstić information content (AvgIpc) is 2.92. The van der Waals surface area contributed by atoms with Crippen LogP contribution in [0.5, 0.6) is 0 Å². The number of aromatic nitrogens is 2. The van der Waals surface area contributed by atoms with E-state index < -0.39 is 47.1 Å². The lowest BCUT2D eigenvalue weighted by atomic mass is 9.97. The van der Waals surface area contributed by atoms with Crippen LogP contribution in [0.3, 0.4) is 0 Å². The average molecular weight is 563 g/mol. The lowest BCUT2D eigenvalue weighted by molar-refractivity contribution is -0.143. The van der Waals surface area contributed by atoms with Crippen LogP contribution in [0, 0.1) is 0 Å². The Labute approximate surface area is 223 Å². The van der Waals surface area contributed by atoms with E-state index >= 15 is 0 Å². The van der Waals surface area contributed by atoms with E-state index in [2.05, 4.69) is 10.3 Å². The fourth-order valence-electron chi connectivity index (χ4n) is 4.39. The number of benzene rings is 2. The molecule has 4 aromatic rings. The van der Waals surface area contributed by atoms with Crippen LogP contribution in [-0.2, 0) is 25.4 Å². The molecular formula is C28H23F6N3O3. The standard InChI is InChI=1S/C28H23F6N3O3/c29-27(30,31)19-13-17(14-20(15-19)28(32,33)34)16-36-25(39)24-22(18-7-2-1-3-8-18)21-9-6-10-35-23(21)26(40)37(24)11-4-5-12-38/h1-3,6-10,13-15,38H,4-5,11-12,16H2,(H,36,39). The van der Waals surface area contributed by atoms with Gasteiger partial charge in [0.05, 0.1) is 11.1 Å². The molecule has 6 nitrogen and oxygen atoms in total. The van der Waals surface area contributed by atoms with E-state index in [4.69, 9.17) is 0 Å². The first-order chi connectivity index (χ1) is 18.9. The van der Waals surface area contributed by atoms with Crippen LogP contribution in [0.2, 0.25) is 0 Å². The normalized spacial score (nSPS) is 12.1. The molecule has 0 fully saturated rings. The van der Waals surface area contributed by atoms with Crippen LogP contribution in [0.1, 0.15) is 40.0 Å². The summed E-state index contributed by atoms with van der Waals surface area (Å²) in [6.07, 6.45) is -8.04. The van der Waals surface area contributed by atoms with Gasteiger partial charge in [-0.3, -0.25) is 14.6 Å². The van der Waals surface area contributed by atoms with Crippen molar-refractivity contribution >= 4 is 16.8 Å². The van der Waals surface area contributed by atoms with Crippen molar-refractivity contribution in [3.05, 3.63) is 99.6 Å². The molecule has 4 rings (SSSR count). The Bertz CT molecular complexity index is 1550. The number of hydrogen-bond acceptors (Lipinski definition) is 4. The maximum Gasteiger partial charge on any atom is 0.416 e. The van der Waals surface area contributed by atoms with E-state index in [1.54, 1.807) is 42.5 Å². The molecule has 0 aliphatic carbocycles. The summed E-state index contributed by atoms with van der Waals surface area (Å²) in [5.41, 5.74) is -3.22. The first-order valence-electron chi connectivity index (χ1n) is 12.2. The molecule has 0 radical (unpaired) electrons. The van der Waals surface area contributed by atoms with Crippen LogP contribution in [0.25, 0.3) is 22.0 Å². The molecule has 2 aromatic carbocycles. The first-order valence-corrected chi connectivity index (χ1v) is 12.2. The maximum absolute atomic E-state index is 13.6. The van der Waals surface area contributed by atoms with Gasteiger partial charge in [-0.1, -0.05) is 36.4 Å². The number of halogens is 6. The molecule has 12 heteroatoms. The minimum absolute atomic E-state index is 0.00792. The molecule has 0 spiro atoms. The van der Waals surface area contributed by atoms with Gasteiger partial charge in [0.25, 0.3) is 11.5 Å². The Kier molecular flexibility index (Phi) is 8.29. The Morgan fingerprint density at radius 2 is 1.55 bits per heavy atom. The number of alkyl halides is 6. The molecule has 0 aliphatic rings. The molecule has 0 atom stereocenters. The van der Waals surface area contributed by atoms with Gasteiger partial charge in [-0.05, 0) is 48.2 Å². The topological polar surface area (TPSA) is 84.2 Å². The number of carbonyl (C=O) groups is 1. The number of unbranched alkanes of at least 4 members (excludes halogenated alkanes) is 1. The summed E-state index contributed by atoms with van der Waals surface area (Å²) in [6.45, 7) is -0.822. The fraction of sp³-hybridized carbons (Fsp3) is 0.250. The van der Waals surface area contributed by atoms with Crippen molar-refractivity contribution in [1.82, 2.24) is 14.9 Å². The lowest BCUT2D eigenvalue weighted by Gasteiger charge is -2.20. The van der Waals surface area contributed by atoms with Crippen LogP contribution < -0.4 is 10.9 Å². The third-order valence-electron chi connectivity index (χ3n) is 6.20. The smallest absolute Gasteiger partial charge is 0.396 e. The zero-order valence-electron chi connectivity index (χ0n) is 20.8. The quantitative estimate of drug-likeness (QED) is 0.210. The van der Waals surface area contributed by atoms with Gasteiger partial charge in [0.1, 0.15) is 11.2 Å². The Morgan fingerprint density at radius 3 is 2.15 bits per heavy atom. The number of aliphatic hydroxyl groups excluding tert-OH is 1. The SMILES string of the molecule is O=C(NCc1cc(C(F)(F)F)cc(C(F)(F)F)c1)c1c(-c2ccccc2)c2cccnc2c(=O)n1CCCCO. The highest BCUT2D eigenvalue weighted by molar-refractivity contribution is 6.07.